The van der Waals surface area contributed by atoms with Crippen molar-refractivity contribution < 1.29 is 9.60 Å². The van der Waals surface area contributed by atoms with Crippen molar-refractivity contribution in [1.82, 2.24) is 0 Å². The van der Waals surface area contributed by atoms with Crippen LogP contribution in [0.3, 0.4) is 0 Å². The lowest BCUT2D eigenvalue weighted by Gasteiger charge is -2.10. The molecule has 4 nitrogen and oxygen atoms in total. The first-order valence-electron chi connectivity index (χ1n) is 6.29. The molecule has 0 atom stereocenters. The smallest absolute Gasteiger partial charge is 0.173 e. The van der Waals surface area contributed by atoms with Crippen molar-refractivity contribution in [3.63, 3.8) is 0 Å². The van der Waals surface area contributed by atoms with Gasteiger partial charge in [0.05, 0.1) is 5.56 Å². The van der Waals surface area contributed by atoms with Crippen LogP contribution in [-0.4, -0.2) is 17.3 Å². The third-order valence-corrected chi connectivity index (χ3v) is 3.78. The highest BCUT2D eigenvalue weighted by molar-refractivity contribution is 7.98. The van der Waals surface area contributed by atoms with Gasteiger partial charge in [-0.1, -0.05) is 17.3 Å². The third-order valence-electron chi connectivity index (χ3n) is 3.04. The van der Waals surface area contributed by atoms with Crippen LogP contribution in [0.25, 0.3) is 0 Å². The predicted octanol–water partition coefficient (Wildman–Crippen LogP) is 3.25. The van der Waals surface area contributed by atoms with Crippen molar-refractivity contribution in [2.75, 3.05) is 11.6 Å². The van der Waals surface area contributed by atoms with Gasteiger partial charge in [-0.2, -0.15) is 0 Å². The molecular weight excluding hydrogens is 289 g/mol. The van der Waals surface area contributed by atoms with Crippen molar-refractivity contribution in [3.8, 4) is 0 Å². The second kappa shape index (κ2) is 6.99. The zero-order chi connectivity index (χ0) is 15.2. The third kappa shape index (κ3) is 3.66. The maximum Gasteiger partial charge on any atom is 0.173 e. The summed E-state index contributed by atoms with van der Waals surface area (Å²) >= 11 is 1.66. The van der Waals surface area contributed by atoms with Crippen molar-refractivity contribution in [1.29, 1.82) is 0 Å². The monoisotopic (exact) mass is 305 g/mol. The molecule has 0 spiro atoms. The Morgan fingerprint density at radius 2 is 2.00 bits per heavy atom. The number of hydrogen-bond donors (Lipinski definition) is 3. The van der Waals surface area contributed by atoms with E-state index in [9.17, 15) is 4.39 Å². The summed E-state index contributed by atoms with van der Waals surface area (Å²) in [6, 6.07) is 12.7. The lowest BCUT2D eigenvalue weighted by atomic mass is 10.1. The quantitative estimate of drug-likeness (QED) is 0.261. The summed E-state index contributed by atoms with van der Waals surface area (Å²) in [4.78, 5) is 1.17. The number of thioether (sulfide) groups is 1. The van der Waals surface area contributed by atoms with E-state index in [1.807, 2.05) is 30.5 Å². The Morgan fingerprint density at radius 3 is 2.62 bits per heavy atom. The highest BCUT2D eigenvalue weighted by Crippen LogP contribution is 2.19. The summed E-state index contributed by atoms with van der Waals surface area (Å²) in [6.45, 7) is 0.316. The fourth-order valence-corrected chi connectivity index (χ4v) is 2.28. The predicted molar refractivity (Wildman–Crippen MR) is 84.5 cm³/mol. The summed E-state index contributed by atoms with van der Waals surface area (Å²) < 4.78 is 14.2. The molecule has 0 saturated carbocycles. The molecule has 0 aliphatic rings. The first-order chi connectivity index (χ1) is 10.2. The minimum absolute atomic E-state index is 0.0922. The fraction of sp³-hybridized carbons (Fsp3) is 0.133. The maximum atomic E-state index is 14.2. The van der Waals surface area contributed by atoms with Gasteiger partial charge in [0.25, 0.3) is 0 Å². The summed E-state index contributed by atoms with van der Waals surface area (Å²) in [5, 5.41) is 14.6. The Balaban J connectivity index is 2.12. The molecule has 0 amide bonds. The normalized spacial score (nSPS) is 11.4. The summed E-state index contributed by atoms with van der Waals surface area (Å²) in [7, 11) is 0. The number of anilines is 1. The highest BCUT2D eigenvalue weighted by Gasteiger charge is 2.11. The Bertz CT molecular complexity index is 644. The van der Waals surface area contributed by atoms with E-state index in [1.165, 1.54) is 11.0 Å². The summed E-state index contributed by atoms with van der Waals surface area (Å²) in [5.41, 5.74) is 6.89. The Hall–Kier alpha value is -2.21. The van der Waals surface area contributed by atoms with Gasteiger partial charge in [-0.25, -0.2) is 4.39 Å². The van der Waals surface area contributed by atoms with Crippen LogP contribution in [-0.2, 0) is 6.54 Å². The second-order valence-electron chi connectivity index (χ2n) is 4.35. The van der Waals surface area contributed by atoms with Crippen LogP contribution in [0.1, 0.15) is 11.1 Å². The molecule has 0 saturated heterocycles. The summed E-state index contributed by atoms with van der Waals surface area (Å²) in [6.07, 6.45) is 2.01. The Kier molecular flexibility index (Phi) is 5.05. The van der Waals surface area contributed by atoms with Gasteiger partial charge >= 0.3 is 0 Å². The number of nitrogens with zero attached hydrogens (tertiary/aromatic N) is 1. The van der Waals surface area contributed by atoms with Gasteiger partial charge in [-0.3, -0.25) is 0 Å². The van der Waals surface area contributed by atoms with Crippen molar-refractivity contribution in [3.05, 3.63) is 59.4 Å². The van der Waals surface area contributed by atoms with Crippen molar-refractivity contribution in [2.45, 2.75) is 11.4 Å². The molecule has 0 radical (unpaired) electrons. The average molecular weight is 305 g/mol. The van der Waals surface area contributed by atoms with Crippen LogP contribution in [0.5, 0.6) is 0 Å². The molecule has 4 N–H and O–H groups in total. The molecule has 0 aromatic heterocycles. The lowest BCUT2D eigenvalue weighted by Crippen LogP contribution is -2.16. The SMILES string of the molecule is CSc1ccc(NCc2cccc(/C(N)=N/O)c2F)cc1. The lowest BCUT2D eigenvalue weighted by molar-refractivity contribution is 0.318. The molecule has 110 valence electrons. The van der Waals surface area contributed by atoms with Crippen LogP contribution in [0.4, 0.5) is 10.1 Å². The van der Waals surface area contributed by atoms with E-state index in [4.69, 9.17) is 10.9 Å². The van der Waals surface area contributed by atoms with Gasteiger partial charge in [0.1, 0.15) is 5.82 Å². The highest BCUT2D eigenvalue weighted by atomic mass is 32.2. The maximum absolute atomic E-state index is 14.2. The number of hydrogen-bond acceptors (Lipinski definition) is 4. The number of nitrogens with one attached hydrogen (secondary N) is 1. The van der Waals surface area contributed by atoms with Crippen LogP contribution < -0.4 is 11.1 Å². The van der Waals surface area contributed by atoms with Gasteiger partial charge in [0.15, 0.2) is 5.84 Å². The molecule has 0 fully saturated rings. The van der Waals surface area contributed by atoms with E-state index < -0.39 is 5.82 Å². The van der Waals surface area contributed by atoms with Gasteiger partial charge < -0.3 is 16.3 Å². The molecule has 0 heterocycles. The van der Waals surface area contributed by atoms with Gasteiger partial charge in [-0.15, -0.1) is 11.8 Å². The molecule has 2 aromatic carbocycles. The minimum Gasteiger partial charge on any atom is -0.409 e. The first kappa shape index (κ1) is 15.2. The molecule has 6 heteroatoms. The van der Waals surface area contributed by atoms with E-state index in [-0.39, 0.29) is 11.4 Å². The topological polar surface area (TPSA) is 70.6 Å². The van der Waals surface area contributed by atoms with E-state index in [2.05, 4.69) is 10.5 Å². The van der Waals surface area contributed by atoms with E-state index in [0.29, 0.717) is 12.1 Å². The van der Waals surface area contributed by atoms with Gasteiger partial charge in [0.2, 0.25) is 0 Å². The van der Waals surface area contributed by atoms with Crippen molar-refractivity contribution >= 4 is 23.3 Å². The number of benzene rings is 2. The zero-order valence-corrected chi connectivity index (χ0v) is 12.3. The minimum atomic E-state index is -0.485. The van der Waals surface area contributed by atoms with Crippen LogP contribution in [0.15, 0.2) is 52.5 Å². The largest absolute Gasteiger partial charge is 0.409 e. The molecule has 21 heavy (non-hydrogen) atoms. The Morgan fingerprint density at radius 1 is 1.29 bits per heavy atom. The number of rotatable bonds is 5. The number of nitrogens with two attached hydrogens (primary N) is 1. The molecule has 2 rings (SSSR count). The van der Waals surface area contributed by atoms with E-state index in [0.717, 1.165) is 5.69 Å². The number of oxime groups is 1. The second-order valence-corrected chi connectivity index (χ2v) is 5.23. The molecule has 0 bridgehead atoms. The van der Waals surface area contributed by atoms with Crippen molar-refractivity contribution in [2.24, 2.45) is 10.9 Å². The summed E-state index contributed by atoms with van der Waals surface area (Å²) in [5.74, 6) is -0.722. The molecule has 0 unspecified atom stereocenters. The number of halogens is 1. The molecule has 0 aliphatic carbocycles. The average Bonchev–Trinajstić information content (AvgIpc) is 2.53. The van der Waals surface area contributed by atoms with Crippen LogP contribution in [0, 0.1) is 5.82 Å². The van der Waals surface area contributed by atoms with E-state index >= 15 is 0 Å². The molecular formula is C15H16FN3OS. The molecule has 2 aromatic rings. The zero-order valence-electron chi connectivity index (χ0n) is 11.5. The van der Waals surface area contributed by atoms with Gasteiger partial charge in [-0.05, 0) is 36.6 Å². The Labute approximate surface area is 126 Å². The van der Waals surface area contributed by atoms with Crippen LogP contribution >= 0.6 is 11.8 Å². The number of amidine groups is 1. The van der Waals surface area contributed by atoms with E-state index in [1.54, 1.807) is 23.9 Å². The fourth-order valence-electron chi connectivity index (χ4n) is 1.87. The first-order valence-corrected chi connectivity index (χ1v) is 7.51. The van der Waals surface area contributed by atoms with Gasteiger partial charge in [0, 0.05) is 22.7 Å². The standard InChI is InChI=1S/C15H16FN3OS/c1-21-12-7-5-11(6-8-12)18-9-10-3-2-4-13(14(10)16)15(17)19-20/h2-8,18,20H,9H2,1H3,(H2,17,19). The van der Waals surface area contributed by atoms with Crippen LogP contribution in [0.2, 0.25) is 0 Å². The molecule has 0 aliphatic heterocycles.